The first-order valence-corrected chi connectivity index (χ1v) is 8.44. The van der Waals surface area contributed by atoms with E-state index < -0.39 is 17.9 Å². The summed E-state index contributed by atoms with van der Waals surface area (Å²) in [6, 6.07) is 9.23. The molecule has 2 rings (SSSR count). The Morgan fingerprint density at radius 1 is 1.12 bits per heavy atom. The molecule has 1 aromatic carbocycles. The van der Waals surface area contributed by atoms with Crippen molar-refractivity contribution < 1.29 is 14.7 Å². The number of hydrogen-bond donors (Lipinski definition) is 3. The van der Waals surface area contributed by atoms with Crippen LogP contribution in [0.5, 0.6) is 0 Å². The van der Waals surface area contributed by atoms with Gasteiger partial charge in [0.1, 0.15) is 0 Å². The molecule has 0 saturated carbocycles. The summed E-state index contributed by atoms with van der Waals surface area (Å²) in [5.74, 6) is -1.47. The maximum absolute atomic E-state index is 11.7. The molecule has 1 heterocycles. The lowest BCUT2D eigenvalue weighted by molar-refractivity contribution is -0.139. The minimum atomic E-state index is -0.866. The lowest BCUT2D eigenvalue weighted by Crippen LogP contribution is -2.41. The van der Waals surface area contributed by atoms with Gasteiger partial charge in [-0.05, 0) is 40.1 Å². The minimum Gasteiger partial charge on any atom is -0.387 e. The molecule has 7 heteroatoms. The summed E-state index contributed by atoms with van der Waals surface area (Å²) in [6.07, 6.45) is -0.866. The Labute approximate surface area is 145 Å². The molecular weight excluding hydrogens is 326 g/mol. The lowest BCUT2D eigenvalue weighted by atomic mass is 10.1. The van der Waals surface area contributed by atoms with Crippen molar-refractivity contribution in [3.05, 3.63) is 52.2 Å². The zero-order chi connectivity index (χ0) is 17.5. The second kappa shape index (κ2) is 8.47. The van der Waals surface area contributed by atoms with Gasteiger partial charge in [0, 0.05) is 32.9 Å². The monoisotopic (exact) mass is 347 g/mol. The second-order valence-electron chi connectivity index (χ2n) is 5.53. The van der Waals surface area contributed by atoms with Gasteiger partial charge in [0.15, 0.2) is 0 Å². The molecule has 128 valence electrons. The number of carbonyl (C=O) groups is 2. The van der Waals surface area contributed by atoms with Crippen LogP contribution in [0.4, 0.5) is 5.69 Å². The van der Waals surface area contributed by atoms with Gasteiger partial charge in [-0.3, -0.25) is 9.59 Å². The van der Waals surface area contributed by atoms with Crippen LogP contribution in [0.2, 0.25) is 0 Å². The molecule has 0 spiro atoms. The molecule has 0 fully saturated rings. The zero-order valence-corrected chi connectivity index (χ0v) is 14.5. The fourth-order valence-electron chi connectivity index (χ4n) is 2.04. The number of nitrogens with one attached hydrogen (secondary N) is 2. The molecule has 0 aliphatic heterocycles. The Morgan fingerprint density at radius 3 is 2.38 bits per heavy atom. The topological polar surface area (TPSA) is 81.7 Å². The van der Waals surface area contributed by atoms with Crippen LogP contribution in [0, 0.1) is 0 Å². The fourth-order valence-corrected chi connectivity index (χ4v) is 2.71. The van der Waals surface area contributed by atoms with Crippen molar-refractivity contribution in [3.63, 3.8) is 0 Å². The van der Waals surface area contributed by atoms with E-state index in [1.165, 1.54) is 11.3 Å². The van der Waals surface area contributed by atoms with E-state index in [0.717, 1.165) is 11.3 Å². The lowest BCUT2D eigenvalue weighted by Gasteiger charge is -2.15. The Morgan fingerprint density at radius 2 is 1.79 bits per heavy atom. The number of anilines is 1. The third kappa shape index (κ3) is 5.07. The number of benzene rings is 1. The second-order valence-corrected chi connectivity index (χ2v) is 6.31. The van der Waals surface area contributed by atoms with E-state index in [-0.39, 0.29) is 6.54 Å². The molecular formula is C17H21N3O3S. The van der Waals surface area contributed by atoms with Crippen LogP contribution in [0.3, 0.4) is 0 Å². The zero-order valence-electron chi connectivity index (χ0n) is 13.7. The van der Waals surface area contributed by atoms with Gasteiger partial charge in [-0.2, -0.15) is 11.3 Å². The number of aliphatic hydroxyl groups is 1. The molecule has 2 amide bonds. The summed E-state index contributed by atoms with van der Waals surface area (Å²) in [4.78, 5) is 25.4. The van der Waals surface area contributed by atoms with Crippen LogP contribution in [0.15, 0.2) is 41.1 Å². The van der Waals surface area contributed by atoms with E-state index in [4.69, 9.17) is 0 Å². The SMILES string of the molecule is CN(C)c1ccc(C(O)CNC(=O)C(=O)NCc2ccsc2)cc1. The van der Waals surface area contributed by atoms with Crippen molar-refractivity contribution in [2.75, 3.05) is 25.5 Å². The van der Waals surface area contributed by atoms with Gasteiger partial charge >= 0.3 is 11.8 Å². The number of hydrogen-bond acceptors (Lipinski definition) is 5. The van der Waals surface area contributed by atoms with Crippen LogP contribution in [-0.2, 0) is 16.1 Å². The number of thiophene rings is 1. The Kier molecular flexibility index (Phi) is 6.34. The summed E-state index contributed by atoms with van der Waals surface area (Å²) < 4.78 is 0. The third-order valence-corrected chi connectivity index (χ3v) is 4.22. The highest BCUT2D eigenvalue weighted by atomic mass is 32.1. The first-order chi connectivity index (χ1) is 11.5. The van der Waals surface area contributed by atoms with Crippen LogP contribution >= 0.6 is 11.3 Å². The molecule has 6 nitrogen and oxygen atoms in total. The predicted molar refractivity (Wildman–Crippen MR) is 94.9 cm³/mol. The molecule has 3 N–H and O–H groups in total. The van der Waals surface area contributed by atoms with Gasteiger partial charge in [-0.1, -0.05) is 12.1 Å². The fraction of sp³-hybridized carbons (Fsp3) is 0.294. The van der Waals surface area contributed by atoms with E-state index in [2.05, 4.69) is 10.6 Å². The maximum atomic E-state index is 11.7. The molecule has 24 heavy (non-hydrogen) atoms. The Bertz CT molecular complexity index is 669. The number of carbonyl (C=O) groups excluding carboxylic acids is 2. The summed E-state index contributed by atoms with van der Waals surface area (Å²) in [5, 5.41) is 18.9. The Balaban J connectivity index is 1.78. The normalized spacial score (nSPS) is 11.6. The predicted octanol–water partition coefficient (Wildman–Crippen LogP) is 1.28. The van der Waals surface area contributed by atoms with Gasteiger partial charge in [0.2, 0.25) is 0 Å². The highest BCUT2D eigenvalue weighted by molar-refractivity contribution is 7.07. The van der Waals surface area contributed by atoms with Crippen LogP contribution < -0.4 is 15.5 Å². The highest BCUT2D eigenvalue weighted by Crippen LogP contribution is 2.17. The van der Waals surface area contributed by atoms with Crippen LogP contribution in [-0.4, -0.2) is 37.6 Å². The van der Waals surface area contributed by atoms with E-state index in [9.17, 15) is 14.7 Å². The number of rotatable bonds is 6. The number of nitrogens with zero attached hydrogens (tertiary/aromatic N) is 1. The molecule has 0 radical (unpaired) electrons. The summed E-state index contributed by atoms with van der Waals surface area (Å²) >= 11 is 1.53. The van der Waals surface area contributed by atoms with Crippen molar-refractivity contribution in [2.45, 2.75) is 12.6 Å². The van der Waals surface area contributed by atoms with Gasteiger partial charge in [-0.15, -0.1) is 0 Å². The first-order valence-electron chi connectivity index (χ1n) is 7.50. The summed E-state index contributed by atoms with van der Waals surface area (Å²) in [7, 11) is 3.86. The standard InChI is InChI=1S/C17H21N3O3S/c1-20(2)14-5-3-13(4-6-14)15(21)10-19-17(23)16(22)18-9-12-7-8-24-11-12/h3-8,11,15,21H,9-10H2,1-2H3,(H,18,22)(H,19,23). The largest absolute Gasteiger partial charge is 0.387 e. The summed E-state index contributed by atoms with van der Waals surface area (Å²) in [6.45, 7) is 0.288. The Hall–Kier alpha value is -2.38. The van der Waals surface area contributed by atoms with Gasteiger partial charge < -0.3 is 20.6 Å². The average molecular weight is 347 g/mol. The highest BCUT2D eigenvalue weighted by Gasteiger charge is 2.15. The average Bonchev–Trinajstić information content (AvgIpc) is 3.10. The van der Waals surface area contributed by atoms with Crippen LogP contribution in [0.1, 0.15) is 17.2 Å². The van der Waals surface area contributed by atoms with Crippen molar-refractivity contribution in [1.29, 1.82) is 0 Å². The molecule has 1 aromatic heterocycles. The molecule has 0 aliphatic carbocycles. The minimum absolute atomic E-state index is 0.0218. The summed E-state index contributed by atoms with van der Waals surface area (Å²) in [5.41, 5.74) is 2.64. The van der Waals surface area contributed by atoms with E-state index in [0.29, 0.717) is 12.1 Å². The first kappa shape index (κ1) is 18.0. The number of amides is 2. The maximum Gasteiger partial charge on any atom is 0.309 e. The van der Waals surface area contributed by atoms with Gasteiger partial charge in [0.05, 0.1) is 6.10 Å². The molecule has 0 bridgehead atoms. The smallest absolute Gasteiger partial charge is 0.309 e. The third-order valence-electron chi connectivity index (χ3n) is 3.49. The van der Waals surface area contributed by atoms with E-state index >= 15 is 0 Å². The molecule has 1 atom stereocenters. The van der Waals surface area contributed by atoms with Crippen molar-refractivity contribution in [1.82, 2.24) is 10.6 Å². The molecule has 0 saturated heterocycles. The van der Waals surface area contributed by atoms with Crippen molar-refractivity contribution in [3.8, 4) is 0 Å². The van der Waals surface area contributed by atoms with Gasteiger partial charge in [-0.25, -0.2) is 0 Å². The van der Waals surface area contributed by atoms with Crippen molar-refractivity contribution in [2.24, 2.45) is 0 Å². The van der Waals surface area contributed by atoms with Crippen LogP contribution in [0.25, 0.3) is 0 Å². The van der Waals surface area contributed by atoms with E-state index in [1.807, 2.05) is 48.0 Å². The molecule has 1 unspecified atom stereocenters. The molecule has 2 aromatic rings. The quantitative estimate of drug-likeness (QED) is 0.688. The van der Waals surface area contributed by atoms with Crippen molar-refractivity contribution >= 4 is 28.8 Å². The van der Waals surface area contributed by atoms with E-state index in [1.54, 1.807) is 12.1 Å². The van der Waals surface area contributed by atoms with Gasteiger partial charge in [0.25, 0.3) is 0 Å². The number of aliphatic hydroxyl groups excluding tert-OH is 1. The molecule has 0 aliphatic rings.